The van der Waals surface area contributed by atoms with Crippen LogP contribution in [0, 0.1) is 5.41 Å². The average Bonchev–Trinajstić information content (AvgIpc) is 2.35. The second kappa shape index (κ2) is 6.81. The Kier molecular flexibility index (Phi) is 5.65. The molecule has 0 atom stereocenters. The van der Waals surface area contributed by atoms with Crippen LogP contribution in [0.1, 0.15) is 13.8 Å². The van der Waals surface area contributed by atoms with Crippen molar-refractivity contribution in [2.24, 2.45) is 5.41 Å². The average molecular weight is 320 g/mol. The third-order valence-corrected chi connectivity index (χ3v) is 3.09. The van der Waals surface area contributed by atoms with Gasteiger partial charge in [-0.1, -0.05) is 23.2 Å². The quantitative estimate of drug-likeness (QED) is 0.845. The first kappa shape index (κ1) is 16.6. The number of amides is 1. The number of carboxylic acid groups (broad SMARTS) is 1. The van der Waals surface area contributed by atoms with Gasteiger partial charge in [0, 0.05) is 11.6 Å². The van der Waals surface area contributed by atoms with Crippen molar-refractivity contribution in [3.63, 3.8) is 0 Å². The van der Waals surface area contributed by atoms with E-state index in [-0.39, 0.29) is 13.2 Å². The van der Waals surface area contributed by atoms with Gasteiger partial charge in [-0.25, -0.2) is 0 Å². The number of rotatable bonds is 6. The zero-order valence-corrected chi connectivity index (χ0v) is 12.6. The summed E-state index contributed by atoms with van der Waals surface area (Å²) in [5.41, 5.74) is -1.03. The van der Waals surface area contributed by atoms with Crippen molar-refractivity contribution in [2.45, 2.75) is 13.8 Å². The van der Waals surface area contributed by atoms with Crippen LogP contribution in [-0.4, -0.2) is 30.1 Å². The number of nitrogens with one attached hydrogen (secondary N) is 1. The Labute approximate surface area is 126 Å². The number of carbonyl (C=O) groups is 2. The molecule has 1 aromatic rings. The molecule has 0 aliphatic rings. The van der Waals surface area contributed by atoms with Gasteiger partial charge in [0.1, 0.15) is 5.75 Å². The Morgan fingerprint density at radius 2 is 2.00 bits per heavy atom. The molecule has 0 saturated heterocycles. The van der Waals surface area contributed by atoms with Gasteiger partial charge in [-0.2, -0.15) is 0 Å². The number of halogens is 2. The predicted octanol–water partition coefficient (Wildman–Crippen LogP) is 2.60. The molecule has 0 bridgehead atoms. The topological polar surface area (TPSA) is 75.6 Å². The summed E-state index contributed by atoms with van der Waals surface area (Å²) in [6, 6.07) is 4.65. The van der Waals surface area contributed by atoms with Crippen molar-refractivity contribution in [2.75, 3.05) is 13.2 Å². The SMILES string of the molecule is CC(C)(CNC(=O)COc1ccc(Cl)cc1Cl)C(=O)O. The molecule has 0 saturated carbocycles. The molecule has 0 fully saturated rings. The summed E-state index contributed by atoms with van der Waals surface area (Å²) in [7, 11) is 0. The second-order valence-electron chi connectivity index (χ2n) is 4.83. The first-order valence-electron chi connectivity index (χ1n) is 5.80. The summed E-state index contributed by atoms with van der Waals surface area (Å²) in [5.74, 6) is -1.08. The summed E-state index contributed by atoms with van der Waals surface area (Å²) in [4.78, 5) is 22.4. The third kappa shape index (κ3) is 4.90. The molecular weight excluding hydrogens is 305 g/mol. The molecule has 5 nitrogen and oxygen atoms in total. The largest absolute Gasteiger partial charge is 0.482 e. The van der Waals surface area contributed by atoms with Crippen molar-refractivity contribution in [1.29, 1.82) is 0 Å². The van der Waals surface area contributed by atoms with Crippen molar-refractivity contribution in [1.82, 2.24) is 5.32 Å². The van der Waals surface area contributed by atoms with E-state index in [0.717, 1.165) is 0 Å². The Morgan fingerprint density at radius 1 is 1.35 bits per heavy atom. The summed E-state index contributed by atoms with van der Waals surface area (Å²) >= 11 is 11.6. The van der Waals surface area contributed by atoms with Crippen LogP contribution >= 0.6 is 23.2 Å². The molecule has 0 aliphatic carbocycles. The lowest BCUT2D eigenvalue weighted by Gasteiger charge is -2.19. The molecular formula is C13H15Cl2NO4. The highest BCUT2D eigenvalue weighted by molar-refractivity contribution is 6.35. The molecule has 7 heteroatoms. The maximum atomic E-state index is 11.6. The molecule has 1 amide bonds. The molecule has 0 spiro atoms. The lowest BCUT2D eigenvalue weighted by atomic mass is 9.94. The summed E-state index contributed by atoms with van der Waals surface area (Å²) in [6.45, 7) is 2.80. The molecule has 1 rings (SSSR count). The molecule has 0 unspecified atom stereocenters. The summed E-state index contributed by atoms with van der Waals surface area (Å²) < 4.78 is 5.23. The highest BCUT2D eigenvalue weighted by atomic mass is 35.5. The molecule has 0 radical (unpaired) electrons. The van der Waals surface area contributed by atoms with Crippen LogP contribution in [0.5, 0.6) is 5.75 Å². The van der Waals surface area contributed by atoms with Crippen LogP contribution in [-0.2, 0) is 9.59 Å². The Hall–Kier alpha value is -1.46. The Balaban J connectivity index is 2.46. The normalized spacial score (nSPS) is 11.0. The van der Waals surface area contributed by atoms with Gasteiger partial charge in [0.15, 0.2) is 6.61 Å². The van der Waals surface area contributed by atoms with E-state index < -0.39 is 17.3 Å². The van der Waals surface area contributed by atoms with Gasteiger partial charge < -0.3 is 15.2 Å². The molecule has 2 N–H and O–H groups in total. The zero-order chi connectivity index (χ0) is 15.3. The first-order chi connectivity index (χ1) is 9.22. The highest BCUT2D eigenvalue weighted by Crippen LogP contribution is 2.27. The van der Waals surface area contributed by atoms with Gasteiger partial charge in [0.05, 0.1) is 10.4 Å². The van der Waals surface area contributed by atoms with E-state index in [1.165, 1.54) is 19.9 Å². The fraction of sp³-hybridized carbons (Fsp3) is 0.385. The van der Waals surface area contributed by atoms with Crippen LogP contribution in [0.25, 0.3) is 0 Å². The number of aliphatic carboxylic acids is 1. The molecule has 0 aliphatic heterocycles. The van der Waals surface area contributed by atoms with Gasteiger partial charge in [-0.15, -0.1) is 0 Å². The van der Waals surface area contributed by atoms with E-state index in [1.54, 1.807) is 12.1 Å². The smallest absolute Gasteiger partial charge is 0.310 e. The lowest BCUT2D eigenvalue weighted by Crippen LogP contribution is -2.40. The van der Waals surface area contributed by atoms with Gasteiger partial charge in [0.25, 0.3) is 5.91 Å². The number of carbonyl (C=O) groups excluding carboxylic acids is 1. The van der Waals surface area contributed by atoms with E-state index in [4.69, 9.17) is 33.0 Å². The number of hydrogen-bond donors (Lipinski definition) is 2. The minimum Gasteiger partial charge on any atom is -0.482 e. The maximum Gasteiger partial charge on any atom is 0.310 e. The number of hydrogen-bond acceptors (Lipinski definition) is 3. The van der Waals surface area contributed by atoms with Crippen LogP contribution < -0.4 is 10.1 Å². The van der Waals surface area contributed by atoms with Crippen molar-refractivity contribution in [3.05, 3.63) is 28.2 Å². The first-order valence-corrected chi connectivity index (χ1v) is 6.56. The van der Waals surface area contributed by atoms with Crippen LogP contribution in [0.3, 0.4) is 0 Å². The Bertz CT molecular complexity index is 517. The maximum absolute atomic E-state index is 11.6. The zero-order valence-electron chi connectivity index (χ0n) is 11.1. The monoisotopic (exact) mass is 319 g/mol. The molecule has 20 heavy (non-hydrogen) atoms. The van der Waals surface area contributed by atoms with E-state index in [9.17, 15) is 9.59 Å². The minimum atomic E-state index is -1.03. The van der Waals surface area contributed by atoms with Crippen LogP contribution in [0.2, 0.25) is 10.0 Å². The van der Waals surface area contributed by atoms with E-state index in [2.05, 4.69) is 5.32 Å². The minimum absolute atomic E-state index is 0.0128. The summed E-state index contributed by atoms with van der Waals surface area (Å²) in [5, 5.41) is 12.2. The fourth-order valence-electron chi connectivity index (χ4n) is 1.18. The van der Waals surface area contributed by atoms with Crippen LogP contribution in [0.4, 0.5) is 0 Å². The standard InChI is InChI=1S/C13H15Cl2NO4/c1-13(2,12(18)19)7-16-11(17)6-20-10-4-3-8(14)5-9(10)15/h3-5H,6-7H2,1-2H3,(H,16,17)(H,18,19). The van der Waals surface area contributed by atoms with E-state index >= 15 is 0 Å². The molecule has 0 heterocycles. The summed E-state index contributed by atoms with van der Waals surface area (Å²) in [6.07, 6.45) is 0. The van der Waals surface area contributed by atoms with Crippen LogP contribution in [0.15, 0.2) is 18.2 Å². The molecule has 1 aromatic carbocycles. The number of ether oxygens (including phenoxy) is 1. The number of benzene rings is 1. The number of carboxylic acids is 1. The van der Waals surface area contributed by atoms with Gasteiger partial charge in [-0.05, 0) is 32.0 Å². The highest BCUT2D eigenvalue weighted by Gasteiger charge is 2.27. The fourth-order valence-corrected chi connectivity index (χ4v) is 1.64. The predicted molar refractivity (Wildman–Crippen MR) is 76.4 cm³/mol. The van der Waals surface area contributed by atoms with Crippen molar-refractivity contribution >= 4 is 35.1 Å². The molecule has 0 aromatic heterocycles. The van der Waals surface area contributed by atoms with Crippen molar-refractivity contribution < 1.29 is 19.4 Å². The van der Waals surface area contributed by atoms with Gasteiger partial charge in [-0.3, -0.25) is 9.59 Å². The van der Waals surface area contributed by atoms with E-state index in [1.807, 2.05) is 0 Å². The van der Waals surface area contributed by atoms with Gasteiger partial charge in [0.2, 0.25) is 0 Å². The lowest BCUT2D eigenvalue weighted by molar-refractivity contribution is -0.146. The molecule has 110 valence electrons. The third-order valence-electron chi connectivity index (χ3n) is 2.56. The van der Waals surface area contributed by atoms with E-state index in [0.29, 0.717) is 15.8 Å². The Morgan fingerprint density at radius 3 is 2.55 bits per heavy atom. The van der Waals surface area contributed by atoms with Crippen molar-refractivity contribution in [3.8, 4) is 5.75 Å². The second-order valence-corrected chi connectivity index (χ2v) is 5.67. The van der Waals surface area contributed by atoms with Gasteiger partial charge >= 0.3 is 5.97 Å².